The molecule has 1 aromatic heterocycles. The van der Waals surface area contributed by atoms with Crippen LogP contribution < -0.4 is 10.6 Å². The molecule has 3 N–H and O–H groups in total. The van der Waals surface area contributed by atoms with Crippen LogP contribution in [-0.2, 0) is 0 Å². The Morgan fingerprint density at radius 1 is 1.50 bits per heavy atom. The number of carbonyl (C=O) groups is 1. The SMILES string of the molecule is O=C(O)c1cc(F)cnc1NCCCNC1CC1. The lowest BCUT2D eigenvalue weighted by Crippen LogP contribution is -2.20. The highest BCUT2D eigenvalue weighted by atomic mass is 19.1. The molecule has 1 fully saturated rings. The van der Waals surface area contributed by atoms with Crippen molar-refractivity contribution in [3.8, 4) is 0 Å². The third-order valence-electron chi connectivity index (χ3n) is 2.74. The summed E-state index contributed by atoms with van der Waals surface area (Å²) in [5, 5.41) is 15.2. The van der Waals surface area contributed by atoms with Crippen LogP contribution in [-0.4, -0.2) is 35.2 Å². The van der Waals surface area contributed by atoms with Gasteiger partial charge in [0, 0.05) is 12.6 Å². The second-order valence-electron chi connectivity index (χ2n) is 4.36. The fraction of sp³-hybridized carbons (Fsp3) is 0.500. The lowest BCUT2D eigenvalue weighted by atomic mass is 10.2. The Hall–Kier alpha value is -1.69. The molecule has 1 heterocycles. The molecule has 0 radical (unpaired) electrons. The summed E-state index contributed by atoms with van der Waals surface area (Å²) in [6.07, 6.45) is 4.37. The Labute approximate surface area is 104 Å². The van der Waals surface area contributed by atoms with Crippen molar-refractivity contribution in [2.24, 2.45) is 0 Å². The van der Waals surface area contributed by atoms with Gasteiger partial charge in [-0.25, -0.2) is 14.2 Å². The van der Waals surface area contributed by atoms with Crippen LogP contribution in [0, 0.1) is 5.82 Å². The van der Waals surface area contributed by atoms with Gasteiger partial charge in [0.1, 0.15) is 17.2 Å². The highest BCUT2D eigenvalue weighted by molar-refractivity contribution is 5.93. The normalized spacial score (nSPS) is 14.5. The van der Waals surface area contributed by atoms with Gasteiger partial charge in [0.25, 0.3) is 0 Å². The molecule has 1 saturated carbocycles. The Bertz CT molecular complexity index is 435. The van der Waals surface area contributed by atoms with Gasteiger partial charge in [-0.2, -0.15) is 0 Å². The quantitative estimate of drug-likeness (QED) is 0.642. The van der Waals surface area contributed by atoms with Crippen molar-refractivity contribution in [3.63, 3.8) is 0 Å². The zero-order valence-electron chi connectivity index (χ0n) is 9.95. The lowest BCUT2D eigenvalue weighted by molar-refractivity contribution is 0.0697. The second-order valence-corrected chi connectivity index (χ2v) is 4.36. The zero-order valence-corrected chi connectivity index (χ0v) is 9.95. The Morgan fingerprint density at radius 2 is 2.28 bits per heavy atom. The molecule has 0 unspecified atom stereocenters. The van der Waals surface area contributed by atoms with Crippen LogP contribution >= 0.6 is 0 Å². The smallest absolute Gasteiger partial charge is 0.339 e. The van der Waals surface area contributed by atoms with Gasteiger partial charge < -0.3 is 15.7 Å². The Kier molecular flexibility index (Phi) is 4.09. The topological polar surface area (TPSA) is 74.2 Å². The number of hydrogen-bond donors (Lipinski definition) is 3. The van der Waals surface area contributed by atoms with E-state index >= 15 is 0 Å². The Balaban J connectivity index is 1.81. The maximum absolute atomic E-state index is 12.9. The van der Waals surface area contributed by atoms with Crippen LogP contribution in [0.4, 0.5) is 10.2 Å². The molecule has 2 rings (SSSR count). The lowest BCUT2D eigenvalue weighted by Gasteiger charge is -2.08. The molecular formula is C12H16FN3O2. The van der Waals surface area contributed by atoms with E-state index in [2.05, 4.69) is 15.6 Å². The Morgan fingerprint density at radius 3 is 2.94 bits per heavy atom. The number of aromatic carboxylic acids is 1. The fourth-order valence-corrected chi connectivity index (χ4v) is 1.63. The number of aromatic nitrogens is 1. The van der Waals surface area contributed by atoms with E-state index in [9.17, 15) is 9.18 Å². The van der Waals surface area contributed by atoms with Gasteiger partial charge in [-0.15, -0.1) is 0 Å². The minimum Gasteiger partial charge on any atom is -0.478 e. The molecule has 98 valence electrons. The zero-order chi connectivity index (χ0) is 13.0. The maximum Gasteiger partial charge on any atom is 0.339 e. The van der Waals surface area contributed by atoms with Crippen LogP contribution in [0.15, 0.2) is 12.3 Å². The van der Waals surface area contributed by atoms with E-state index in [1.807, 2.05) is 0 Å². The van der Waals surface area contributed by atoms with Crippen molar-refractivity contribution < 1.29 is 14.3 Å². The molecule has 6 heteroatoms. The van der Waals surface area contributed by atoms with Crippen LogP contribution in [0.3, 0.4) is 0 Å². The van der Waals surface area contributed by atoms with Crippen molar-refractivity contribution in [2.45, 2.75) is 25.3 Å². The molecule has 0 aromatic carbocycles. The first kappa shape index (κ1) is 12.8. The number of carboxylic acid groups (broad SMARTS) is 1. The molecule has 0 amide bonds. The number of anilines is 1. The van der Waals surface area contributed by atoms with Crippen LogP contribution in [0.5, 0.6) is 0 Å². The molecule has 0 bridgehead atoms. The average molecular weight is 253 g/mol. The number of hydrogen-bond acceptors (Lipinski definition) is 4. The van der Waals surface area contributed by atoms with Crippen LogP contribution in [0.1, 0.15) is 29.6 Å². The molecule has 18 heavy (non-hydrogen) atoms. The number of nitrogens with zero attached hydrogens (tertiary/aromatic N) is 1. The van der Waals surface area contributed by atoms with Gasteiger partial charge in [-0.1, -0.05) is 0 Å². The van der Waals surface area contributed by atoms with Gasteiger partial charge in [-0.3, -0.25) is 0 Å². The molecule has 1 aliphatic rings. The van der Waals surface area contributed by atoms with Crippen molar-refractivity contribution in [1.82, 2.24) is 10.3 Å². The number of rotatable bonds is 7. The summed E-state index contributed by atoms with van der Waals surface area (Å²) in [7, 11) is 0. The van der Waals surface area contributed by atoms with E-state index in [4.69, 9.17) is 5.11 Å². The first-order valence-corrected chi connectivity index (χ1v) is 6.03. The van der Waals surface area contributed by atoms with Gasteiger partial charge in [0.2, 0.25) is 0 Å². The monoisotopic (exact) mass is 253 g/mol. The first-order valence-electron chi connectivity index (χ1n) is 6.03. The fourth-order valence-electron chi connectivity index (χ4n) is 1.63. The van der Waals surface area contributed by atoms with Crippen molar-refractivity contribution in [3.05, 3.63) is 23.6 Å². The average Bonchev–Trinajstić information content (AvgIpc) is 3.14. The molecule has 1 aliphatic carbocycles. The number of pyridine rings is 1. The summed E-state index contributed by atoms with van der Waals surface area (Å²) in [6.45, 7) is 1.50. The molecular weight excluding hydrogens is 237 g/mol. The van der Waals surface area contributed by atoms with Crippen molar-refractivity contribution in [2.75, 3.05) is 18.4 Å². The third-order valence-corrected chi connectivity index (χ3v) is 2.74. The van der Waals surface area contributed by atoms with E-state index in [0.717, 1.165) is 25.2 Å². The number of carboxylic acids is 1. The summed E-state index contributed by atoms with van der Waals surface area (Å²) in [4.78, 5) is 14.7. The number of nitrogens with one attached hydrogen (secondary N) is 2. The summed E-state index contributed by atoms with van der Waals surface area (Å²) in [5.41, 5.74) is -0.134. The minimum atomic E-state index is -1.18. The standard InChI is InChI=1S/C12H16FN3O2/c13-8-6-10(12(17)18)11(16-7-8)15-5-1-4-14-9-2-3-9/h6-7,9,14H,1-5H2,(H,15,16)(H,17,18). The molecule has 1 aromatic rings. The van der Waals surface area contributed by atoms with E-state index in [1.165, 1.54) is 12.8 Å². The first-order chi connectivity index (χ1) is 8.66. The molecule has 5 nitrogen and oxygen atoms in total. The molecule has 0 aliphatic heterocycles. The van der Waals surface area contributed by atoms with E-state index < -0.39 is 11.8 Å². The summed E-state index contributed by atoms with van der Waals surface area (Å²) >= 11 is 0. The third kappa shape index (κ3) is 3.66. The van der Waals surface area contributed by atoms with Gasteiger partial charge in [-0.05, 0) is 31.9 Å². The van der Waals surface area contributed by atoms with Gasteiger partial charge in [0.15, 0.2) is 0 Å². The minimum absolute atomic E-state index is 0.134. The number of halogens is 1. The summed E-state index contributed by atoms with van der Waals surface area (Å²) < 4.78 is 12.9. The van der Waals surface area contributed by atoms with Crippen LogP contribution in [0.25, 0.3) is 0 Å². The van der Waals surface area contributed by atoms with Gasteiger partial charge >= 0.3 is 5.97 Å². The van der Waals surface area contributed by atoms with Crippen LogP contribution in [0.2, 0.25) is 0 Å². The predicted molar refractivity (Wildman–Crippen MR) is 65.3 cm³/mol. The highest BCUT2D eigenvalue weighted by Gasteiger charge is 2.19. The predicted octanol–water partition coefficient (Wildman–Crippen LogP) is 1.47. The van der Waals surface area contributed by atoms with Crippen molar-refractivity contribution >= 4 is 11.8 Å². The van der Waals surface area contributed by atoms with E-state index in [0.29, 0.717) is 12.6 Å². The highest BCUT2D eigenvalue weighted by Crippen LogP contribution is 2.18. The van der Waals surface area contributed by atoms with E-state index in [1.54, 1.807) is 0 Å². The van der Waals surface area contributed by atoms with Gasteiger partial charge in [0.05, 0.1) is 6.20 Å². The molecule has 0 saturated heterocycles. The van der Waals surface area contributed by atoms with Crippen molar-refractivity contribution in [1.29, 1.82) is 0 Å². The van der Waals surface area contributed by atoms with E-state index in [-0.39, 0.29) is 11.4 Å². The maximum atomic E-state index is 12.9. The summed E-state index contributed by atoms with van der Waals surface area (Å²) in [6, 6.07) is 1.64. The molecule has 0 spiro atoms. The molecule has 0 atom stereocenters. The largest absolute Gasteiger partial charge is 0.478 e. The summed E-state index contributed by atoms with van der Waals surface area (Å²) in [5.74, 6) is -1.61. The second kappa shape index (κ2) is 5.77.